The van der Waals surface area contributed by atoms with Crippen molar-refractivity contribution < 1.29 is 9.59 Å². The van der Waals surface area contributed by atoms with Gasteiger partial charge in [-0.15, -0.1) is 0 Å². The number of H-pyrrole nitrogens is 1. The molecule has 0 aliphatic carbocycles. The highest BCUT2D eigenvalue weighted by Gasteiger charge is 2.53. The Morgan fingerprint density at radius 2 is 2.25 bits per heavy atom. The van der Waals surface area contributed by atoms with Gasteiger partial charge in [-0.1, -0.05) is 13.8 Å². The highest BCUT2D eigenvalue weighted by atomic mass is 16.2. The summed E-state index contributed by atoms with van der Waals surface area (Å²) in [5.41, 5.74) is -0.134. The average Bonchev–Trinajstić information content (AvgIpc) is 3.05. The highest BCUT2D eigenvalue weighted by molar-refractivity contribution is 6.00. The second kappa shape index (κ2) is 4.65. The maximum Gasteiger partial charge on any atom is 0.255 e. The molecule has 1 aromatic heterocycles. The first-order chi connectivity index (χ1) is 9.54. The van der Waals surface area contributed by atoms with Crippen LogP contribution >= 0.6 is 0 Å². The Balaban J connectivity index is 2.05. The Bertz CT molecular complexity index is 523. The predicted molar refractivity (Wildman–Crippen MR) is 74.8 cm³/mol. The smallest absolute Gasteiger partial charge is 0.255 e. The molecule has 2 aliphatic heterocycles. The van der Waals surface area contributed by atoms with Crippen LogP contribution in [0.2, 0.25) is 0 Å². The summed E-state index contributed by atoms with van der Waals surface area (Å²) < 4.78 is 0. The monoisotopic (exact) mass is 275 g/mol. The summed E-state index contributed by atoms with van der Waals surface area (Å²) in [4.78, 5) is 30.3. The van der Waals surface area contributed by atoms with Gasteiger partial charge in [0, 0.05) is 12.7 Å². The zero-order chi connectivity index (χ0) is 14.3. The molecule has 0 spiro atoms. The molecule has 2 amide bonds. The van der Waals surface area contributed by atoms with Gasteiger partial charge >= 0.3 is 0 Å². The van der Waals surface area contributed by atoms with Gasteiger partial charge in [0.15, 0.2) is 5.54 Å². The van der Waals surface area contributed by atoms with Crippen LogP contribution in [0, 0.1) is 5.92 Å². The summed E-state index contributed by atoms with van der Waals surface area (Å²) in [5, 5.41) is 3.02. The molecular formula is C15H21N3O2. The van der Waals surface area contributed by atoms with Crippen molar-refractivity contribution in [3.63, 3.8) is 0 Å². The van der Waals surface area contributed by atoms with Gasteiger partial charge in [-0.3, -0.25) is 9.59 Å². The molecule has 0 unspecified atom stereocenters. The molecule has 2 saturated heterocycles. The predicted octanol–water partition coefficient (Wildman–Crippen LogP) is 1.38. The maximum atomic E-state index is 13.0. The van der Waals surface area contributed by atoms with Gasteiger partial charge in [0.05, 0.1) is 5.69 Å². The Kier molecular flexibility index (Phi) is 3.07. The van der Waals surface area contributed by atoms with Gasteiger partial charge in [-0.05, 0) is 37.3 Å². The molecule has 0 aromatic carbocycles. The SMILES string of the molecule is CC(C)C[C@]1(c2ccc[nH]2)NC(=O)[C@@H]2CCCN2C1=O. The van der Waals surface area contributed by atoms with Crippen molar-refractivity contribution in [3.05, 3.63) is 24.0 Å². The summed E-state index contributed by atoms with van der Waals surface area (Å²) in [5.74, 6) is 0.329. The fourth-order valence-corrected chi connectivity index (χ4v) is 3.51. The molecule has 20 heavy (non-hydrogen) atoms. The van der Waals surface area contributed by atoms with Gasteiger partial charge < -0.3 is 15.2 Å². The van der Waals surface area contributed by atoms with Crippen molar-refractivity contribution >= 4 is 11.8 Å². The maximum absolute atomic E-state index is 13.0. The second-order valence-electron chi connectivity index (χ2n) is 6.23. The highest BCUT2D eigenvalue weighted by Crippen LogP contribution is 2.36. The molecule has 3 rings (SSSR count). The number of nitrogens with one attached hydrogen (secondary N) is 2. The van der Waals surface area contributed by atoms with Gasteiger partial charge in [0.1, 0.15) is 6.04 Å². The molecule has 0 radical (unpaired) electrons. The van der Waals surface area contributed by atoms with E-state index in [1.807, 2.05) is 12.1 Å². The first-order valence-corrected chi connectivity index (χ1v) is 7.31. The topological polar surface area (TPSA) is 65.2 Å². The number of nitrogens with zero attached hydrogens (tertiary/aromatic N) is 1. The number of aromatic nitrogens is 1. The van der Waals surface area contributed by atoms with Crippen LogP contribution < -0.4 is 5.32 Å². The molecule has 2 atom stereocenters. The normalized spacial score (nSPS) is 29.8. The molecule has 2 N–H and O–H groups in total. The fraction of sp³-hybridized carbons (Fsp3) is 0.600. The Hall–Kier alpha value is -1.78. The zero-order valence-electron chi connectivity index (χ0n) is 12.0. The lowest BCUT2D eigenvalue weighted by molar-refractivity contribution is -0.154. The van der Waals surface area contributed by atoms with Gasteiger partial charge in [0.2, 0.25) is 5.91 Å². The quantitative estimate of drug-likeness (QED) is 0.875. The molecule has 2 aliphatic rings. The minimum atomic E-state index is -0.921. The van der Waals surface area contributed by atoms with E-state index in [1.54, 1.807) is 11.1 Å². The molecule has 5 nitrogen and oxygen atoms in total. The van der Waals surface area contributed by atoms with Crippen molar-refractivity contribution in [3.8, 4) is 0 Å². The first kappa shape index (κ1) is 13.2. The average molecular weight is 275 g/mol. The van der Waals surface area contributed by atoms with E-state index < -0.39 is 5.54 Å². The number of fused-ring (bicyclic) bond motifs is 1. The molecule has 5 heteroatoms. The number of hydrogen-bond donors (Lipinski definition) is 2. The Morgan fingerprint density at radius 3 is 2.90 bits per heavy atom. The largest absolute Gasteiger partial charge is 0.363 e. The molecule has 108 valence electrons. The van der Waals surface area contributed by atoms with E-state index >= 15 is 0 Å². The summed E-state index contributed by atoms with van der Waals surface area (Å²) in [6.45, 7) is 4.83. The van der Waals surface area contributed by atoms with Gasteiger partial charge in [0.25, 0.3) is 5.91 Å². The molecule has 1 aromatic rings. The summed E-state index contributed by atoms with van der Waals surface area (Å²) in [6, 6.07) is 3.49. The van der Waals surface area contributed by atoms with Crippen molar-refractivity contribution in [1.82, 2.24) is 15.2 Å². The van der Waals surface area contributed by atoms with Crippen LogP contribution in [0.1, 0.15) is 38.8 Å². The molecule has 0 bridgehead atoms. The number of carbonyl (C=O) groups is 2. The van der Waals surface area contributed by atoms with E-state index in [9.17, 15) is 9.59 Å². The van der Waals surface area contributed by atoms with Crippen LogP contribution in [-0.4, -0.2) is 34.3 Å². The number of carbonyl (C=O) groups excluding carboxylic acids is 2. The van der Waals surface area contributed by atoms with Crippen molar-refractivity contribution in [2.24, 2.45) is 5.92 Å². The van der Waals surface area contributed by atoms with Gasteiger partial charge in [-0.25, -0.2) is 0 Å². The standard InChI is InChI=1S/C15H21N3O2/c1-10(2)9-15(12-6-3-7-16-12)14(20)18-8-4-5-11(18)13(19)17-15/h3,6-7,10-11,16H,4-5,8-9H2,1-2H3,(H,17,19)/t11-,15+/m0/s1. The number of aromatic amines is 1. The third kappa shape index (κ3) is 1.84. The minimum absolute atomic E-state index is 0.0163. The Morgan fingerprint density at radius 1 is 1.45 bits per heavy atom. The first-order valence-electron chi connectivity index (χ1n) is 7.31. The van der Waals surface area contributed by atoms with E-state index in [1.165, 1.54) is 0 Å². The van der Waals surface area contributed by atoms with Crippen LogP contribution in [0.4, 0.5) is 0 Å². The lowest BCUT2D eigenvalue weighted by Crippen LogP contribution is -2.67. The molecule has 3 heterocycles. The van der Waals surface area contributed by atoms with E-state index in [4.69, 9.17) is 0 Å². The van der Waals surface area contributed by atoms with Crippen LogP contribution in [0.5, 0.6) is 0 Å². The summed E-state index contributed by atoms with van der Waals surface area (Å²) in [6.07, 6.45) is 4.10. The lowest BCUT2D eigenvalue weighted by Gasteiger charge is -2.44. The van der Waals surface area contributed by atoms with Crippen LogP contribution in [0.3, 0.4) is 0 Å². The Labute approximate surface area is 118 Å². The number of amides is 2. The van der Waals surface area contributed by atoms with E-state index in [2.05, 4.69) is 24.1 Å². The zero-order valence-corrected chi connectivity index (χ0v) is 12.0. The van der Waals surface area contributed by atoms with Crippen molar-refractivity contribution in [2.45, 2.75) is 44.7 Å². The minimum Gasteiger partial charge on any atom is -0.363 e. The molecule has 0 saturated carbocycles. The van der Waals surface area contributed by atoms with Crippen LogP contribution in [0.25, 0.3) is 0 Å². The number of rotatable bonds is 3. The second-order valence-corrected chi connectivity index (χ2v) is 6.23. The molecule has 2 fully saturated rings. The lowest BCUT2D eigenvalue weighted by atomic mass is 9.82. The van der Waals surface area contributed by atoms with Crippen LogP contribution in [0.15, 0.2) is 18.3 Å². The van der Waals surface area contributed by atoms with Crippen molar-refractivity contribution in [2.75, 3.05) is 6.54 Å². The van der Waals surface area contributed by atoms with Crippen LogP contribution in [-0.2, 0) is 15.1 Å². The number of piperazine rings is 1. The van der Waals surface area contributed by atoms with E-state index in [-0.39, 0.29) is 17.9 Å². The third-order valence-corrected chi connectivity index (χ3v) is 4.29. The third-order valence-electron chi connectivity index (χ3n) is 4.29. The summed E-state index contributed by atoms with van der Waals surface area (Å²) >= 11 is 0. The van der Waals surface area contributed by atoms with Crippen molar-refractivity contribution in [1.29, 1.82) is 0 Å². The number of hydrogen-bond acceptors (Lipinski definition) is 2. The van der Waals surface area contributed by atoms with E-state index in [0.717, 1.165) is 18.5 Å². The van der Waals surface area contributed by atoms with E-state index in [0.29, 0.717) is 18.9 Å². The summed E-state index contributed by atoms with van der Waals surface area (Å²) in [7, 11) is 0. The van der Waals surface area contributed by atoms with Gasteiger partial charge in [-0.2, -0.15) is 0 Å². The molecular weight excluding hydrogens is 254 g/mol. The fourth-order valence-electron chi connectivity index (χ4n) is 3.51.